The number of imide groups is 2. The molecule has 150 valence electrons. The molecule has 0 aromatic heterocycles. The minimum Gasteiger partial charge on any atom is -0.503 e. The molecule has 3 rings (SSSR count). The zero-order chi connectivity index (χ0) is 21.3. The Labute approximate surface area is 180 Å². The van der Waals surface area contributed by atoms with Gasteiger partial charge in [-0.15, -0.1) is 0 Å². The van der Waals surface area contributed by atoms with Crippen molar-refractivity contribution in [3.8, 4) is 11.5 Å². The number of halogens is 3. The fourth-order valence-electron chi connectivity index (χ4n) is 2.63. The lowest BCUT2D eigenvalue weighted by atomic mass is 10.1. The molecule has 2 aromatic carbocycles. The number of aromatic hydroxyl groups is 1. The maximum atomic E-state index is 12.9. The van der Waals surface area contributed by atoms with Crippen LogP contribution in [0.3, 0.4) is 0 Å². The van der Waals surface area contributed by atoms with Crippen molar-refractivity contribution < 1.29 is 24.2 Å². The van der Waals surface area contributed by atoms with Crippen LogP contribution in [0.5, 0.6) is 11.5 Å². The highest BCUT2D eigenvalue weighted by Crippen LogP contribution is 2.36. The molecule has 7 nitrogen and oxygen atoms in total. The molecular formula is C19H13Cl3N2O5. The van der Waals surface area contributed by atoms with Crippen LogP contribution in [0.1, 0.15) is 12.5 Å². The number of amides is 4. The van der Waals surface area contributed by atoms with Crippen molar-refractivity contribution in [2.45, 2.75) is 6.92 Å². The van der Waals surface area contributed by atoms with Crippen LogP contribution < -0.4 is 15.0 Å². The molecule has 1 heterocycles. The van der Waals surface area contributed by atoms with E-state index in [0.717, 1.165) is 4.90 Å². The smallest absolute Gasteiger partial charge is 0.335 e. The second kappa shape index (κ2) is 8.32. The van der Waals surface area contributed by atoms with Crippen molar-refractivity contribution in [1.82, 2.24) is 5.32 Å². The van der Waals surface area contributed by atoms with Gasteiger partial charge in [0, 0.05) is 0 Å². The highest BCUT2D eigenvalue weighted by Gasteiger charge is 2.37. The number of benzene rings is 2. The van der Waals surface area contributed by atoms with Crippen LogP contribution >= 0.6 is 34.8 Å². The molecule has 1 aliphatic rings. The third-order valence-electron chi connectivity index (χ3n) is 3.92. The average Bonchev–Trinajstić information content (AvgIpc) is 2.65. The summed E-state index contributed by atoms with van der Waals surface area (Å²) in [4.78, 5) is 38.2. The van der Waals surface area contributed by atoms with Gasteiger partial charge in [0.05, 0.1) is 27.4 Å². The summed E-state index contributed by atoms with van der Waals surface area (Å²) in [5.74, 6) is -1.91. The van der Waals surface area contributed by atoms with E-state index in [1.54, 1.807) is 6.92 Å². The van der Waals surface area contributed by atoms with Gasteiger partial charge in [-0.1, -0.05) is 34.8 Å². The number of rotatable bonds is 4. The first-order valence-electron chi connectivity index (χ1n) is 8.24. The topological polar surface area (TPSA) is 95.9 Å². The fourth-order valence-corrected chi connectivity index (χ4v) is 3.14. The first kappa shape index (κ1) is 21.0. The van der Waals surface area contributed by atoms with Crippen molar-refractivity contribution in [3.05, 3.63) is 56.5 Å². The van der Waals surface area contributed by atoms with Gasteiger partial charge in [0.1, 0.15) is 5.57 Å². The number of anilines is 1. The third-order valence-corrected chi connectivity index (χ3v) is 4.95. The number of nitrogens with one attached hydrogen (secondary N) is 1. The van der Waals surface area contributed by atoms with Crippen molar-refractivity contribution >= 4 is 64.4 Å². The predicted molar refractivity (Wildman–Crippen MR) is 110 cm³/mol. The quantitative estimate of drug-likeness (QED) is 0.526. The van der Waals surface area contributed by atoms with E-state index in [1.165, 1.54) is 36.4 Å². The van der Waals surface area contributed by atoms with Gasteiger partial charge in [0.25, 0.3) is 11.8 Å². The van der Waals surface area contributed by atoms with Gasteiger partial charge in [-0.3, -0.25) is 14.9 Å². The second-order valence-electron chi connectivity index (χ2n) is 5.84. The number of hydrogen-bond donors (Lipinski definition) is 2. The van der Waals surface area contributed by atoms with Gasteiger partial charge in [0.15, 0.2) is 11.5 Å². The summed E-state index contributed by atoms with van der Waals surface area (Å²) in [5.41, 5.74) is 0.136. The van der Waals surface area contributed by atoms with Crippen molar-refractivity contribution in [1.29, 1.82) is 0 Å². The van der Waals surface area contributed by atoms with E-state index in [9.17, 15) is 19.5 Å². The minimum atomic E-state index is -0.922. The van der Waals surface area contributed by atoms with E-state index in [2.05, 4.69) is 5.32 Å². The Morgan fingerprint density at radius 1 is 1.07 bits per heavy atom. The zero-order valence-electron chi connectivity index (χ0n) is 14.8. The zero-order valence-corrected chi connectivity index (χ0v) is 17.1. The minimum absolute atomic E-state index is 0.0242. The Bertz CT molecular complexity index is 1070. The summed E-state index contributed by atoms with van der Waals surface area (Å²) in [6.07, 6.45) is 1.24. The first-order chi connectivity index (χ1) is 13.7. The van der Waals surface area contributed by atoms with Crippen molar-refractivity contribution in [2.75, 3.05) is 11.5 Å². The van der Waals surface area contributed by atoms with Crippen LogP contribution in [0.15, 0.2) is 35.9 Å². The van der Waals surface area contributed by atoms with Gasteiger partial charge in [-0.05, 0) is 48.9 Å². The number of barbiturate groups is 1. The van der Waals surface area contributed by atoms with Crippen LogP contribution in [-0.2, 0) is 9.59 Å². The van der Waals surface area contributed by atoms with E-state index >= 15 is 0 Å². The number of phenolic OH excluding ortho intramolecular Hbond substituents is 1. The molecule has 0 unspecified atom stereocenters. The lowest BCUT2D eigenvalue weighted by Gasteiger charge is -2.26. The lowest BCUT2D eigenvalue weighted by Crippen LogP contribution is -2.54. The van der Waals surface area contributed by atoms with E-state index < -0.39 is 17.8 Å². The Morgan fingerprint density at radius 2 is 1.79 bits per heavy atom. The van der Waals surface area contributed by atoms with Crippen LogP contribution in [-0.4, -0.2) is 29.6 Å². The highest BCUT2D eigenvalue weighted by molar-refractivity contribution is 6.43. The maximum absolute atomic E-state index is 12.9. The Hall–Kier alpha value is -2.74. The largest absolute Gasteiger partial charge is 0.503 e. The van der Waals surface area contributed by atoms with Gasteiger partial charge < -0.3 is 9.84 Å². The Kier molecular flexibility index (Phi) is 6.02. The molecule has 0 aliphatic carbocycles. The summed E-state index contributed by atoms with van der Waals surface area (Å²) < 4.78 is 5.29. The summed E-state index contributed by atoms with van der Waals surface area (Å²) >= 11 is 17.8. The molecule has 0 spiro atoms. The molecule has 29 heavy (non-hydrogen) atoms. The molecule has 4 amide bonds. The Morgan fingerprint density at radius 3 is 2.45 bits per heavy atom. The van der Waals surface area contributed by atoms with Crippen molar-refractivity contribution in [3.63, 3.8) is 0 Å². The monoisotopic (exact) mass is 454 g/mol. The van der Waals surface area contributed by atoms with Crippen molar-refractivity contribution in [2.24, 2.45) is 0 Å². The highest BCUT2D eigenvalue weighted by atomic mass is 35.5. The molecule has 0 radical (unpaired) electrons. The molecule has 1 fully saturated rings. The first-order valence-corrected chi connectivity index (χ1v) is 9.38. The summed E-state index contributed by atoms with van der Waals surface area (Å²) in [6, 6.07) is 6.02. The van der Waals surface area contributed by atoms with E-state index in [1.807, 2.05) is 0 Å². The van der Waals surface area contributed by atoms with Gasteiger partial charge in [-0.2, -0.15) is 0 Å². The van der Waals surface area contributed by atoms with Gasteiger partial charge >= 0.3 is 6.03 Å². The normalized spacial score (nSPS) is 15.7. The number of carbonyl (C=O) groups is 3. The maximum Gasteiger partial charge on any atom is 0.335 e. The Balaban J connectivity index is 2.05. The summed E-state index contributed by atoms with van der Waals surface area (Å²) in [7, 11) is 0. The van der Waals surface area contributed by atoms with Crippen LogP contribution in [0.25, 0.3) is 6.08 Å². The number of ether oxygens (including phenoxy) is 1. The van der Waals surface area contributed by atoms with Gasteiger partial charge in [-0.25, -0.2) is 9.69 Å². The molecule has 2 aromatic rings. The number of nitrogens with zero attached hydrogens (tertiary/aromatic N) is 1. The molecule has 2 N–H and O–H groups in total. The fraction of sp³-hybridized carbons (Fsp3) is 0.105. The van der Waals surface area contributed by atoms with E-state index in [-0.39, 0.29) is 44.4 Å². The van der Waals surface area contributed by atoms with Crippen LogP contribution in [0, 0.1) is 0 Å². The number of hydrogen-bond acceptors (Lipinski definition) is 5. The molecular weight excluding hydrogens is 443 g/mol. The van der Waals surface area contributed by atoms with Crippen LogP contribution in [0.4, 0.5) is 10.5 Å². The number of urea groups is 1. The number of carbonyl (C=O) groups excluding carboxylic acids is 3. The molecule has 0 atom stereocenters. The standard InChI is InChI=1S/C19H13Cl3N2O5/c1-2-29-15-7-9(6-14(22)16(15)25)5-11-17(26)23-19(28)24(18(11)27)10-3-4-12(20)13(21)8-10/h3-8,25H,2H2,1H3,(H,23,26,28)/b11-5-. The summed E-state index contributed by atoms with van der Waals surface area (Å²) in [5, 5.41) is 12.4. The molecule has 0 bridgehead atoms. The third kappa shape index (κ3) is 4.17. The van der Waals surface area contributed by atoms with E-state index in [4.69, 9.17) is 39.5 Å². The average molecular weight is 456 g/mol. The van der Waals surface area contributed by atoms with E-state index in [0.29, 0.717) is 5.56 Å². The molecule has 0 saturated carbocycles. The molecule has 10 heteroatoms. The summed E-state index contributed by atoms with van der Waals surface area (Å²) in [6.45, 7) is 1.99. The van der Waals surface area contributed by atoms with Crippen LogP contribution in [0.2, 0.25) is 15.1 Å². The SMILES string of the molecule is CCOc1cc(/C=C2/C(=O)NC(=O)N(c3ccc(Cl)c(Cl)c3)C2=O)cc(Cl)c1O. The molecule has 1 saturated heterocycles. The molecule has 1 aliphatic heterocycles. The van der Waals surface area contributed by atoms with Gasteiger partial charge in [0.2, 0.25) is 0 Å². The number of phenols is 1. The lowest BCUT2D eigenvalue weighted by molar-refractivity contribution is -0.122. The predicted octanol–water partition coefficient (Wildman–Crippen LogP) is 4.42. The second-order valence-corrected chi connectivity index (χ2v) is 7.06.